The van der Waals surface area contributed by atoms with Crippen LogP contribution in [-0.4, -0.2) is 51.9 Å². The third kappa shape index (κ3) is 6.62. The second kappa shape index (κ2) is 12.7. The molecule has 0 heterocycles. The lowest BCUT2D eigenvalue weighted by Crippen LogP contribution is -2.51. The maximum absolute atomic E-state index is 13.9. The lowest BCUT2D eigenvalue weighted by molar-refractivity contribution is -0.140. The minimum absolute atomic E-state index is 0.0433. The van der Waals surface area contributed by atoms with Crippen molar-refractivity contribution in [2.45, 2.75) is 30.8 Å². The van der Waals surface area contributed by atoms with Crippen molar-refractivity contribution in [2.75, 3.05) is 25.0 Å². The van der Waals surface area contributed by atoms with E-state index in [2.05, 4.69) is 5.32 Å². The minimum atomic E-state index is -4.27. The highest BCUT2D eigenvalue weighted by Gasteiger charge is 2.34. The van der Waals surface area contributed by atoms with Crippen LogP contribution in [0.15, 0.2) is 77.7 Å². The van der Waals surface area contributed by atoms with Crippen LogP contribution in [0.5, 0.6) is 5.75 Å². The molecule has 0 aliphatic carbocycles. The number of nitrogens with zero attached hydrogens (tertiary/aromatic N) is 2. The van der Waals surface area contributed by atoms with Crippen molar-refractivity contribution in [3.05, 3.63) is 89.2 Å². The minimum Gasteiger partial charge on any atom is -0.495 e. The molecule has 3 rings (SSSR count). The summed E-state index contributed by atoms with van der Waals surface area (Å²) in [5.41, 5.74) is 0.631. The fourth-order valence-electron chi connectivity index (χ4n) is 3.96. The molecule has 8 nitrogen and oxygen atoms in total. The Bertz CT molecular complexity index is 1370. The molecule has 0 fully saturated rings. The molecular weight excluding hydrogens is 533 g/mol. The van der Waals surface area contributed by atoms with Gasteiger partial charge in [-0.3, -0.25) is 13.9 Å². The average molecular weight is 562 g/mol. The van der Waals surface area contributed by atoms with E-state index in [0.29, 0.717) is 5.56 Å². The molecular formula is C27H29ClFN3O5S. The van der Waals surface area contributed by atoms with Gasteiger partial charge in [0.1, 0.15) is 24.2 Å². The molecule has 0 unspecified atom stereocenters. The van der Waals surface area contributed by atoms with Gasteiger partial charge in [0.2, 0.25) is 11.8 Å². The van der Waals surface area contributed by atoms with Gasteiger partial charge >= 0.3 is 0 Å². The van der Waals surface area contributed by atoms with E-state index in [0.717, 1.165) is 4.31 Å². The van der Waals surface area contributed by atoms with Gasteiger partial charge in [0, 0.05) is 18.6 Å². The van der Waals surface area contributed by atoms with Gasteiger partial charge in [0.05, 0.1) is 17.7 Å². The Morgan fingerprint density at radius 1 is 1.05 bits per heavy atom. The Balaban J connectivity index is 2.11. The van der Waals surface area contributed by atoms with Crippen LogP contribution < -0.4 is 14.4 Å². The fraction of sp³-hybridized carbons (Fsp3) is 0.259. The van der Waals surface area contributed by atoms with E-state index < -0.39 is 40.2 Å². The van der Waals surface area contributed by atoms with Crippen LogP contribution in [0, 0.1) is 5.82 Å². The Hall–Kier alpha value is -3.63. The van der Waals surface area contributed by atoms with Crippen LogP contribution in [0.4, 0.5) is 10.1 Å². The normalized spacial score (nSPS) is 11.9. The molecule has 3 aromatic carbocycles. The van der Waals surface area contributed by atoms with E-state index in [1.54, 1.807) is 31.2 Å². The van der Waals surface area contributed by atoms with Gasteiger partial charge in [-0.05, 0) is 54.4 Å². The van der Waals surface area contributed by atoms with Gasteiger partial charge in [0.25, 0.3) is 10.0 Å². The van der Waals surface area contributed by atoms with Crippen LogP contribution in [0.3, 0.4) is 0 Å². The molecule has 2 amide bonds. The first-order valence-corrected chi connectivity index (χ1v) is 13.6. The molecule has 0 aliphatic rings. The third-order valence-corrected chi connectivity index (χ3v) is 7.93. The summed E-state index contributed by atoms with van der Waals surface area (Å²) in [4.78, 5) is 27.8. The summed E-state index contributed by atoms with van der Waals surface area (Å²) in [6, 6.07) is 16.7. The van der Waals surface area contributed by atoms with E-state index >= 15 is 0 Å². The Labute approximate surface area is 227 Å². The summed E-state index contributed by atoms with van der Waals surface area (Å²) in [5.74, 6) is -1.32. The van der Waals surface area contributed by atoms with Crippen molar-refractivity contribution < 1.29 is 27.1 Å². The number of methoxy groups -OCH3 is 1. The number of rotatable bonds is 11. The number of nitrogens with one attached hydrogen (secondary N) is 1. The van der Waals surface area contributed by atoms with Crippen LogP contribution in [-0.2, 0) is 26.2 Å². The Kier molecular flexibility index (Phi) is 9.71. The van der Waals surface area contributed by atoms with Crippen LogP contribution in [0.2, 0.25) is 5.02 Å². The van der Waals surface area contributed by atoms with Gasteiger partial charge in [-0.15, -0.1) is 0 Å². The zero-order chi connectivity index (χ0) is 27.9. The SMILES string of the molecule is CC[C@H](C(=O)NC)N(Cc1ccc(F)cc1)C(=O)CN(c1cc(Cl)ccc1OC)S(=O)(=O)c1ccccc1. The monoisotopic (exact) mass is 561 g/mol. The van der Waals surface area contributed by atoms with Crippen molar-refractivity contribution in [3.63, 3.8) is 0 Å². The highest BCUT2D eigenvalue weighted by atomic mass is 35.5. The number of benzene rings is 3. The number of sulfonamides is 1. The van der Waals surface area contributed by atoms with Gasteiger partial charge in [-0.2, -0.15) is 0 Å². The number of carbonyl (C=O) groups is 2. The summed E-state index contributed by atoms with van der Waals surface area (Å²) < 4.78 is 47.5. The maximum Gasteiger partial charge on any atom is 0.264 e. The molecule has 38 heavy (non-hydrogen) atoms. The maximum atomic E-state index is 13.9. The Morgan fingerprint density at radius 3 is 2.29 bits per heavy atom. The highest BCUT2D eigenvalue weighted by molar-refractivity contribution is 7.92. The van der Waals surface area contributed by atoms with E-state index in [4.69, 9.17) is 16.3 Å². The topological polar surface area (TPSA) is 96.0 Å². The highest BCUT2D eigenvalue weighted by Crippen LogP contribution is 2.35. The number of ether oxygens (including phenoxy) is 1. The molecule has 0 saturated heterocycles. The number of carbonyl (C=O) groups excluding carboxylic acids is 2. The molecule has 0 aromatic heterocycles. The van der Waals surface area contributed by atoms with Crippen molar-refractivity contribution in [3.8, 4) is 5.75 Å². The van der Waals surface area contributed by atoms with Crippen molar-refractivity contribution >= 4 is 39.1 Å². The van der Waals surface area contributed by atoms with Gasteiger partial charge < -0.3 is 15.0 Å². The zero-order valence-electron chi connectivity index (χ0n) is 21.2. The molecule has 11 heteroatoms. The van der Waals surface area contributed by atoms with Crippen LogP contribution >= 0.6 is 11.6 Å². The van der Waals surface area contributed by atoms with E-state index in [-0.39, 0.29) is 34.3 Å². The third-order valence-electron chi connectivity index (χ3n) is 5.92. The molecule has 1 N–H and O–H groups in total. The number of likely N-dealkylation sites (N-methyl/N-ethyl adjacent to an activating group) is 1. The molecule has 0 saturated carbocycles. The summed E-state index contributed by atoms with van der Waals surface area (Å²) in [5, 5.41) is 2.79. The largest absolute Gasteiger partial charge is 0.495 e. The number of amides is 2. The van der Waals surface area contributed by atoms with Crippen molar-refractivity contribution in [1.29, 1.82) is 0 Å². The smallest absolute Gasteiger partial charge is 0.264 e. The first kappa shape index (κ1) is 28.9. The first-order chi connectivity index (χ1) is 18.1. The molecule has 0 spiro atoms. The van der Waals surface area contributed by atoms with Gasteiger partial charge in [-0.1, -0.05) is 48.9 Å². The standard InChI is InChI=1S/C27H29ClFN3O5S/c1-4-23(27(34)30-2)31(17-19-10-13-21(29)14-11-19)26(33)18-32(24-16-20(28)12-15-25(24)37-3)38(35,36)22-8-6-5-7-9-22/h5-16,23H,4,17-18H2,1-3H3,(H,30,34)/t23-/m1/s1. The molecule has 202 valence electrons. The molecule has 0 radical (unpaired) electrons. The van der Waals surface area contributed by atoms with Crippen LogP contribution in [0.1, 0.15) is 18.9 Å². The number of anilines is 1. The molecule has 0 aliphatic heterocycles. The quantitative estimate of drug-likeness (QED) is 0.378. The predicted molar refractivity (Wildman–Crippen MR) is 144 cm³/mol. The lowest BCUT2D eigenvalue weighted by Gasteiger charge is -2.33. The number of hydrogen-bond acceptors (Lipinski definition) is 5. The van der Waals surface area contributed by atoms with Crippen LogP contribution in [0.25, 0.3) is 0 Å². The molecule has 0 bridgehead atoms. The Morgan fingerprint density at radius 2 is 1.71 bits per heavy atom. The van der Waals surface area contributed by atoms with E-state index in [1.807, 2.05) is 0 Å². The first-order valence-electron chi connectivity index (χ1n) is 11.8. The summed E-state index contributed by atoms with van der Waals surface area (Å²) >= 11 is 6.21. The average Bonchev–Trinajstić information content (AvgIpc) is 2.92. The van der Waals surface area contributed by atoms with E-state index in [9.17, 15) is 22.4 Å². The van der Waals surface area contributed by atoms with E-state index in [1.165, 1.54) is 67.6 Å². The van der Waals surface area contributed by atoms with Crippen molar-refractivity contribution in [1.82, 2.24) is 10.2 Å². The second-order valence-electron chi connectivity index (χ2n) is 8.33. The summed E-state index contributed by atoms with van der Waals surface area (Å²) in [6.07, 6.45) is 0.262. The lowest BCUT2D eigenvalue weighted by atomic mass is 10.1. The summed E-state index contributed by atoms with van der Waals surface area (Å²) in [6.45, 7) is 1.04. The van der Waals surface area contributed by atoms with Crippen molar-refractivity contribution in [2.24, 2.45) is 0 Å². The fourth-order valence-corrected chi connectivity index (χ4v) is 5.57. The zero-order valence-corrected chi connectivity index (χ0v) is 22.8. The van der Waals surface area contributed by atoms with Gasteiger partial charge in [-0.25, -0.2) is 12.8 Å². The predicted octanol–water partition coefficient (Wildman–Crippen LogP) is 4.24. The second-order valence-corrected chi connectivity index (χ2v) is 10.6. The number of hydrogen-bond donors (Lipinski definition) is 1. The summed E-state index contributed by atoms with van der Waals surface area (Å²) in [7, 11) is -1.44. The van der Waals surface area contributed by atoms with Gasteiger partial charge in [0.15, 0.2) is 0 Å². The number of halogens is 2. The molecule has 3 aromatic rings. The molecule has 1 atom stereocenters.